The van der Waals surface area contributed by atoms with E-state index in [1.165, 1.54) is 6.07 Å². The summed E-state index contributed by atoms with van der Waals surface area (Å²) in [4.78, 5) is 12.4. The molecule has 0 aliphatic carbocycles. The second kappa shape index (κ2) is 9.33. The first kappa shape index (κ1) is 22.5. The van der Waals surface area contributed by atoms with Crippen LogP contribution in [0.25, 0.3) is 0 Å². The van der Waals surface area contributed by atoms with Crippen molar-refractivity contribution in [3.8, 4) is 17.2 Å². The summed E-state index contributed by atoms with van der Waals surface area (Å²) in [5, 5.41) is 0. The Morgan fingerprint density at radius 1 is 0.966 bits per heavy atom. The smallest absolute Gasteiger partial charge is 0.314 e. The average molecular weight is 636 g/mol. The van der Waals surface area contributed by atoms with Crippen LogP contribution in [0.3, 0.4) is 0 Å². The molecule has 1 heterocycles. The molecule has 2 aromatic rings. The minimum absolute atomic E-state index is 0.110. The van der Waals surface area contributed by atoms with Crippen molar-refractivity contribution < 1.29 is 36.6 Å². The second-order valence-electron chi connectivity index (χ2n) is 6.33. The third-order valence-electron chi connectivity index (χ3n) is 4.41. The van der Waals surface area contributed by atoms with Crippen LogP contribution in [-0.4, -0.2) is 19.2 Å². The SMILES string of the molecule is Cc1c(F)c(F)c(Oc2cc(OC(=O)C3CCOCC3)c(I)cc2I)c(F)c1F. The molecule has 1 saturated heterocycles. The fraction of sp³-hybridized carbons (Fsp3) is 0.316. The van der Waals surface area contributed by atoms with Gasteiger partial charge in [-0.1, -0.05) is 0 Å². The highest BCUT2D eigenvalue weighted by Crippen LogP contribution is 2.38. The van der Waals surface area contributed by atoms with Crippen molar-refractivity contribution in [1.82, 2.24) is 0 Å². The quantitative estimate of drug-likeness (QED) is 0.138. The minimum Gasteiger partial charge on any atom is -0.450 e. The first-order chi connectivity index (χ1) is 13.7. The average Bonchev–Trinajstić information content (AvgIpc) is 2.71. The molecule has 0 saturated carbocycles. The van der Waals surface area contributed by atoms with Crippen LogP contribution in [0.2, 0.25) is 0 Å². The zero-order valence-electron chi connectivity index (χ0n) is 15.0. The van der Waals surface area contributed by atoms with Gasteiger partial charge >= 0.3 is 5.97 Å². The lowest BCUT2D eigenvalue weighted by Crippen LogP contribution is -2.27. The van der Waals surface area contributed by atoms with Crippen molar-refractivity contribution in [2.75, 3.05) is 13.2 Å². The highest BCUT2D eigenvalue weighted by atomic mass is 127. The van der Waals surface area contributed by atoms with Gasteiger partial charge < -0.3 is 14.2 Å². The van der Waals surface area contributed by atoms with Crippen LogP contribution in [0.4, 0.5) is 17.6 Å². The maximum atomic E-state index is 14.1. The standard InChI is InChI=1S/C19H14F4I2O4/c1-8-14(20)16(22)18(17(23)15(8)21)28-12-7-13(11(25)6-10(12)24)29-19(26)9-2-4-27-5-3-9/h6-7,9H,2-5H2,1H3. The molecule has 2 aromatic carbocycles. The molecule has 0 spiro atoms. The van der Waals surface area contributed by atoms with Crippen molar-refractivity contribution in [3.63, 3.8) is 0 Å². The number of rotatable bonds is 4. The maximum Gasteiger partial charge on any atom is 0.314 e. The molecule has 29 heavy (non-hydrogen) atoms. The molecule has 1 aliphatic heterocycles. The summed E-state index contributed by atoms with van der Waals surface area (Å²) in [5.74, 6) is -8.33. The number of carbonyl (C=O) groups excluding carboxylic acids is 1. The molecule has 0 aromatic heterocycles. The van der Waals surface area contributed by atoms with Crippen molar-refractivity contribution in [2.45, 2.75) is 19.8 Å². The highest BCUT2D eigenvalue weighted by Gasteiger charge is 2.27. The molecular formula is C19H14F4I2O4. The summed E-state index contributed by atoms with van der Waals surface area (Å²) in [6, 6.07) is 2.81. The van der Waals surface area contributed by atoms with E-state index in [4.69, 9.17) is 14.2 Å². The van der Waals surface area contributed by atoms with Crippen molar-refractivity contribution in [2.24, 2.45) is 5.92 Å². The lowest BCUT2D eigenvalue weighted by Gasteiger charge is -2.21. The topological polar surface area (TPSA) is 44.8 Å². The maximum absolute atomic E-state index is 14.1. The summed E-state index contributed by atoms with van der Waals surface area (Å²) in [6.45, 7) is 1.84. The van der Waals surface area contributed by atoms with Gasteiger partial charge in [-0.2, -0.15) is 8.78 Å². The number of benzene rings is 2. The van der Waals surface area contributed by atoms with Crippen LogP contribution in [0.5, 0.6) is 17.2 Å². The molecule has 156 valence electrons. The number of ether oxygens (including phenoxy) is 3. The molecule has 0 unspecified atom stereocenters. The van der Waals surface area contributed by atoms with Gasteiger partial charge in [0.05, 0.1) is 13.1 Å². The minimum atomic E-state index is -1.64. The fourth-order valence-corrected chi connectivity index (χ4v) is 4.46. The second-order valence-corrected chi connectivity index (χ2v) is 8.66. The van der Waals surface area contributed by atoms with Gasteiger partial charge in [-0.15, -0.1) is 0 Å². The third-order valence-corrected chi connectivity index (χ3v) is 6.09. The predicted molar refractivity (Wildman–Crippen MR) is 112 cm³/mol. The van der Waals surface area contributed by atoms with Crippen molar-refractivity contribution >= 4 is 51.2 Å². The first-order valence-electron chi connectivity index (χ1n) is 8.49. The first-order valence-corrected chi connectivity index (χ1v) is 10.6. The van der Waals surface area contributed by atoms with Crippen LogP contribution < -0.4 is 9.47 Å². The van der Waals surface area contributed by atoms with Gasteiger partial charge in [-0.3, -0.25) is 4.79 Å². The molecule has 0 bridgehead atoms. The summed E-state index contributed by atoms with van der Waals surface area (Å²) in [7, 11) is 0. The normalized spacial score (nSPS) is 14.7. The van der Waals surface area contributed by atoms with E-state index in [2.05, 4.69) is 0 Å². The van der Waals surface area contributed by atoms with E-state index >= 15 is 0 Å². The Labute approximate surface area is 191 Å². The van der Waals surface area contributed by atoms with Gasteiger partial charge in [0.1, 0.15) is 11.5 Å². The van der Waals surface area contributed by atoms with E-state index in [1.54, 1.807) is 6.07 Å². The van der Waals surface area contributed by atoms with Gasteiger partial charge in [-0.05, 0) is 71.0 Å². The third kappa shape index (κ3) is 4.79. The molecular weight excluding hydrogens is 622 g/mol. The van der Waals surface area contributed by atoms with Crippen LogP contribution in [-0.2, 0) is 9.53 Å². The summed E-state index contributed by atoms with van der Waals surface area (Å²) in [5.41, 5.74) is -0.782. The summed E-state index contributed by atoms with van der Waals surface area (Å²) >= 11 is 3.77. The Morgan fingerprint density at radius 2 is 1.52 bits per heavy atom. The van der Waals surface area contributed by atoms with E-state index in [0.717, 1.165) is 6.92 Å². The van der Waals surface area contributed by atoms with Crippen molar-refractivity contribution in [1.29, 1.82) is 0 Å². The molecule has 0 atom stereocenters. The van der Waals surface area contributed by atoms with E-state index in [0.29, 0.717) is 33.2 Å². The van der Waals surface area contributed by atoms with Gasteiger partial charge in [0.2, 0.25) is 17.4 Å². The number of carbonyl (C=O) groups is 1. The number of hydrogen-bond donors (Lipinski definition) is 0. The van der Waals surface area contributed by atoms with Gasteiger partial charge in [0.25, 0.3) is 0 Å². The van der Waals surface area contributed by atoms with E-state index in [1.807, 2.05) is 45.2 Å². The zero-order valence-corrected chi connectivity index (χ0v) is 19.3. The van der Waals surface area contributed by atoms with Crippen LogP contribution in [0.15, 0.2) is 12.1 Å². The van der Waals surface area contributed by atoms with E-state index < -0.39 is 40.6 Å². The molecule has 1 fully saturated rings. The summed E-state index contributed by atoms with van der Waals surface area (Å²) < 4.78 is 72.7. The Morgan fingerprint density at radius 3 is 2.10 bits per heavy atom. The van der Waals surface area contributed by atoms with Crippen LogP contribution in [0, 0.1) is 43.3 Å². The number of hydrogen-bond acceptors (Lipinski definition) is 4. The Hall–Kier alpha value is -1.15. The Kier molecular flexibility index (Phi) is 7.25. The van der Waals surface area contributed by atoms with Crippen molar-refractivity contribution in [3.05, 3.63) is 48.1 Å². The molecule has 3 rings (SSSR count). The molecule has 4 nitrogen and oxygen atoms in total. The molecule has 10 heteroatoms. The lowest BCUT2D eigenvalue weighted by atomic mass is 10.0. The number of esters is 1. The van der Waals surface area contributed by atoms with Gasteiger partial charge in [0.15, 0.2) is 11.6 Å². The van der Waals surface area contributed by atoms with Gasteiger partial charge in [-0.25, -0.2) is 8.78 Å². The number of halogens is 6. The molecule has 0 amide bonds. The molecule has 0 radical (unpaired) electrons. The largest absolute Gasteiger partial charge is 0.450 e. The predicted octanol–water partition coefficient (Wildman–Crippen LogP) is 5.88. The van der Waals surface area contributed by atoms with E-state index in [-0.39, 0.29) is 17.4 Å². The molecule has 0 N–H and O–H groups in total. The fourth-order valence-electron chi connectivity index (χ4n) is 2.71. The van der Waals surface area contributed by atoms with E-state index in [9.17, 15) is 22.4 Å². The lowest BCUT2D eigenvalue weighted by molar-refractivity contribution is -0.142. The highest BCUT2D eigenvalue weighted by molar-refractivity contribution is 14.1. The summed E-state index contributed by atoms with van der Waals surface area (Å²) in [6.07, 6.45) is 1.06. The van der Waals surface area contributed by atoms with Gasteiger partial charge in [0, 0.05) is 24.8 Å². The Balaban J connectivity index is 1.91. The molecule has 1 aliphatic rings. The Bertz CT molecular complexity index is 933. The van der Waals surface area contributed by atoms with Crippen LogP contribution in [0.1, 0.15) is 18.4 Å². The van der Waals surface area contributed by atoms with Crippen LogP contribution >= 0.6 is 45.2 Å². The monoisotopic (exact) mass is 636 g/mol. The zero-order chi connectivity index (χ0) is 21.3.